The molecule has 3 N–H and O–H groups in total. The third kappa shape index (κ3) is 7.28. The van der Waals surface area contributed by atoms with Crippen molar-refractivity contribution in [1.82, 2.24) is 10.6 Å². The summed E-state index contributed by atoms with van der Waals surface area (Å²) < 4.78 is 4.59. The molecule has 2 unspecified atom stereocenters. The number of carboxylic acids is 1. The molecule has 0 aliphatic rings. The lowest BCUT2D eigenvalue weighted by atomic mass is 10.1. The molecule has 0 fully saturated rings. The highest BCUT2D eigenvalue weighted by Crippen LogP contribution is 2.04. The lowest BCUT2D eigenvalue weighted by Gasteiger charge is -2.20. The Labute approximate surface area is 112 Å². The zero-order valence-corrected chi connectivity index (χ0v) is 11.7. The molecule has 0 rings (SSSR count). The van der Waals surface area contributed by atoms with E-state index in [4.69, 9.17) is 5.11 Å². The van der Waals surface area contributed by atoms with Crippen LogP contribution in [0.3, 0.4) is 0 Å². The fourth-order valence-electron chi connectivity index (χ4n) is 1.45. The minimum absolute atomic E-state index is 0.0229. The number of amides is 2. The van der Waals surface area contributed by atoms with Crippen LogP contribution in [0.15, 0.2) is 0 Å². The second kappa shape index (κ2) is 8.34. The van der Waals surface area contributed by atoms with Gasteiger partial charge in [-0.15, -0.1) is 0 Å². The lowest BCUT2D eigenvalue weighted by molar-refractivity contribution is -0.144. The normalized spacial score (nSPS) is 13.5. The average Bonchev–Trinajstić information content (AvgIpc) is 2.31. The van der Waals surface area contributed by atoms with Crippen molar-refractivity contribution in [1.29, 1.82) is 0 Å². The van der Waals surface area contributed by atoms with Crippen LogP contribution in [0, 0.1) is 11.8 Å². The van der Waals surface area contributed by atoms with Crippen molar-refractivity contribution >= 4 is 18.0 Å². The average molecular weight is 274 g/mol. The van der Waals surface area contributed by atoms with Crippen molar-refractivity contribution < 1.29 is 24.2 Å². The van der Waals surface area contributed by atoms with Crippen LogP contribution in [0.1, 0.15) is 27.2 Å². The number of carboxylic acid groups (broad SMARTS) is 1. The van der Waals surface area contributed by atoms with E-state index >= 15 is 0 Å². The van der Waals surface area contributed by atoms with E-state index < -0.39 is 24.0 Å². The molecule has 0 spiro atoms. The molecule has 2 atom stereocenters. The number of carbonyl (C=O) groups is 3. The second-order valence-corrected chi connectivity index (χ2v) is 4.80. The van der Waals surface area contributed by atoms with Gasteiger partial charge in [0.2, 0.25) is 0 Å². The Morgan fingerprint density at radius 1 is 1.21 bits per heavy atom. The van der Waals surface area contributed by atoms with Crippen molar-refractivity contribution in [2.75, 3.05) is 13.7 Å². The van der Waals surface area contributed by atoms with Crippen LogP contribution in [-0.4, -0.2) is 42.8 Å². The van der Waals surface area contributed by atoms with Crippen molar-refractivity contribution in [3.8, 4) is 0 Å². The smallest absolute Gasteiger partial charge is 0.328 e. The zero-order valence-electron chi connectivity index (χ0n) is 11.7. The Kier molecular flexibility index (Phi) is 7.55. The van der Waals surface area contributed by atoms with Crippen molar-refractivity contribution in [3.63, 3.8) is 0 Å². The molecule has 0 bridgehead atoms. The van der Waals surface area contributed by atoms with Crippen LogP contribution < -0.4 is 10.6 Å². The first-order valence-corrected chi connectivity index (χ1v) is 6.11. The van der Waals surface area contributed by atoms with Gasteiger partial charge in [0.15, 0.2) is 0 Å². The van der Waals surface area contributed by atoms with Crippen LogP contribution in [0.2, 0.25) is 0 Å². The number of ether oxygens (including phenoxy) is 1. The van der Waals surface area contributed by atoms with Crippen LogP contribution in [0.5, 0.6) is 0 Å². The highest BCUT2D eigenvalue weighted by Gasteiger charge is 2.24. The molecule has 0 saturated heterocycles. The van der Waals surface area contributed by atoms with Gasteiger partial charge in [-0.3, -0.25) is 4.79 Å². The summed E-state index contributed by atoms with van der Waals surface area (Å²) in [7, 11) is 1.26. The molecule has 0 saturated carbocycles. The van der Waals surface area contributed by atoms with Crippen LogP contribution in [0.25, 0.3) is 0 Å². The molecule has 0 aliphatic carbocycles. The molecule has 0 aromatic carbocycles. The largest absolute Gasteiger partial charge is 0.481 e. The number of rotatable bonds is 7. The standard InChI is InChI=1S/C12H22N2O5/c1-7(2)10(11(17)19-4)14-12(18)13-6-8(3)5-9(15)16/h7-8,10H,5-6H2,1-4H3,(H,15,16)(H2,13,14,18). The van der Waals surface area contributed by atoms with E-state index in [-0.39, 0.29) is 24.8 Å². The summed E-state index contributed by atoms with van der Waals surface area (Å²) in [6.45, 7) is 5.52. The first kappa shape index (κ1) is 17.2. The molecular formula is C12H22N2O5. The summed E-state index contributed by atoms with van der Waals surface area (Å²) >= 11 is 0. The molecule has 0 radical (unpaired) electrons. The number of hydrogen-bond donors (Lipinski definition) is 3. The van der Waals surface area contributed by atoms with Gasteiger partial charge in [-0.2, -0.15) is 0 Å². The summed E-state index contributed by atoms with van der Waals surface area (Å²) in [5.74, 6) is -1.71. The van der Waals surface area contributed by atoms with Crippen molar-refractivity contribution in [3.05, 3.63) is 0 Å². The van der Waals surface area contributed by atoms with Crippen LogP contribution in [-0.2, 0) is 14.3 Å². The van der Waals surface area contributed by atoms with E-state index in [1.165, 1.54) is 7.11 Å². The molecule has 19 heavy (non-hydrogen) atoms. The topological polar surface area (TPSA) is 105 Å². The molecule has 7 nitrogen and oxygen atoms in total. The van der Waals surface area contributed by atoms with E-state index in [0.717, 1.165) is 0 Å². The molecular weight excluding hydrogens is 252 g/mol. The van der Waals surface area contributed by atoms with Gasteiger partial charge >= 0.3 is 18.0 Å². The van der Waals surface area contributed by atoms with Gasteiger partial charge in [-0.25, -0.2) is 9.59 Å². The Balaban J connectivity index is 4.21. The summed E-state index contributed by atoms with van der Waals surface area (Å²) in [5.41, 5.74) is 0. The Morgan fingerprint density at radius 3 is 2.21 bits per heavy atom. The maximum Gasteiger partial charge on any atom is 0.328 e. The van der Waals surface area contributed by atoms with Gasteiger partial charge in [0.25, 0.3) is 0 Å². The van der Waals surface area contributed by atoms with Gasteiger partial charge < -0.3 is 20.5 Å². The number of hydrogen-bond acceptors (Lipinski definition) is 4. The summed E-state index contributed by atoms with van der Waals surface area (Å²) in [5, 5.41) is 13.6. The Bertz CT molecular complexity index is 330. The van der Waals surface area contributed by atoms with Gasteiger partial charge in [-0.1, -0.05) is 20.8 Å². The predicted octanol–water partition coefficient (Wildman–Crippen LogP) is 0.594. The molecule has 2 amide bonds. The van der Waals surface area contributed by atoms with E-state index in [1.54, 1.807) is 20.8 Å². The molecule has 0 aromatic heterocycles. The lowest BCUT2D eigenvalue weighted by Crippen LogP contribution is -2.49. The highest BCUT2D eigenvalue weighted by atomic mass is 16.5. The minimum atomic E-state index is -0.913. The maximum absolute atomic E-state index is 11.6. The maximum atomic E-state index is 11.6. The number of carbonyl (C=O) groups excluding carboxylic acids is 2. The second-order valence-electron chi connectivity index (χ2n) is 4.80. The number of aliphatic carboxylic acids is 1. The molecule has 0 aliphatic heterocycles. The van der Waals surface area contributed by atoms with E-state index in [9.17, 15) is 14.4 Å². The molecule has 7 heteroatoms. The van der Waals surface area contributed by atoms with E-state index in [2.05, 4.69) is 15.4 Å². The number of nitrogens with one attached hydrogen (secondary N) is 2. The fourth-order valence-corrected chi connectivity index (χ4v) is 1.45. The minimum Gasteiger partial charge on any atom is -0.481 e. The van der Waals surface area contributed by atoms with Crippen molar-refractivity contribution in [2.24, 2.45) is 11.8 Å². The summed E-state index contributed by atoms with van der Waals surface area (Å²) in [6.07, 6.45) is -0.0229. The van der Waals surface area contributed by atoms with Crippen LogP contribution >= 0.6 is 0 Å². The SMILES string of the molecule is COC(=O)C(NC(=O)NCC(C)CC(=O)O)C(C)C. The summed E-state index contributed by atoms with van der Waals surface area (Å²) in [6, 6.07) is -1.24. The van der Waals surface area contributed by atoms with Gasteiger partial charge in [0, 0.05) is 13.0 Å². The predicted molar refractivity (Wildman–Crippen MR) is 68.6 cm³/mol. The Hall–Kier alpha value is -1.79. The monoisotopic (exact) mass is 274 g/mol. The number of methoxy groups -OCH3 is 1. The number of urea groups is 1. The molecule has 0 aromatic rings. The van der Waals surface area contributed by atoms with Gasteiger partial charge in [0.05, 0.1) is 7.11 Å². The zero-order chi connectivity index (χ0) is 15.0. The quantitative estimate of drug-likeness (QED) is 0.589. The first-order valence-electron chi connectivity index (χ1n) is 6.11. The third-order valence-corrected chi connectivity index (χ3v) is 2.54. The van der Waals surface area contributed by atoms with E-state index in [0.29, 0.717) is 0 Å². The summed E-state index contributed by atoms with van der Waals surface area (Å²) in [4.78, 5) is 33.5. The highest BCUT2D eigenvalue weighted by molar-refractivity contribution is 5.83. The van der Waals surface area contributed by atoms with Crippen molar-refractivity contribution in [2.45, 2.75) is 33.2 Å². The van der Waals surface area contributed by atoms with Gasteiger partial charge in [-0.05, 0) is 11.8 Å². The Morgan fingerprint density at radius 2 is 1.79 bits per heavy atom. The first-order chi connectivity index (χ1) is 8.77. The molecule has 110 valence electrons. The van der Waals surface area contributed by atoms with Gasteiger partial charge in [0.1, 0.15) is 6.04 Å². The van der Waals surface area contributed by atoms with Crippen LogP contribution in [0.4, 0.5) is 4.79 Å². The molecule has 0 heterocycles. The number of esters is 1. The fraction of sp³-hybridized carbons (Fsp3) is 0.750. The van der Waals surface area contributed by atoms with E-state index in [1.807, 2.05) is 0 Å². The third-order valence-electron chi connectivity index (χ3n) is 2.54.